The third-order valence-corrected chi connectivity index (χ3v) is 10.5. The van der Waals surface area contributed by atoms with Crippen LogP contribution in [0.4, 0.5) is 14.5 Å². The minimum Gasteiger partial charge on any atom is -0.496 e. The van der Waals surface area contributed by atoms with Gasteiger partial charge in [0.2, 0.25) is 11.8 Å². The molecule has 6 rings (SSSR count). The number of piperazine rings is 1. The third kappa shape index (κ3) is 7.51. The number of amides is 3. The average molecular weight is 722 g/mol. The maximum Gasteiger partial charge on any atom is 0.275 e. The first-order chi connectivity index (χ1) is 24.8. The van der Waals surface area contributed by atoms with E-state index in [0.717, 1.165) is 22.4 Å². The standard InChI is InChI=1S/C37H45F2N7O6/c1-22-23(2)36(50)43(3)19-26(22)24-16-30(51-4)27(31(17-24)52-5)20-44-11-10-32(37(38,39)21-44)46-14-12-45(13-15-46)25-6-7-28(40-18-25)34(48)41-29-8-9-33(47)42-35(29)49/h6-7,16-19,29,32H,8-15,20-21H2,1-5H3,(H,41,48)(H,42,47,49). The molecular formula is C37H45F2N7O6. The Kier molecular flexibility index (Phi) is 10.6. The monoisotopic (exact) mass is 721 g/mol. The van der Waals surface area contributed by atoms with Crippen LogP contribution < -0.4 is 30.6 Å². The van der Waals surface area contributed by atoms with Crippen molar-refractivity contribution in [2.45, 2.75) is 57.7 Å². The number of benzene rings is 1. The van der Waals surface area contributed by atoms with E-state index in [4.69, 9.17) is 9.47 Å². The number of aromatic nitrogens is 2. The maximum absolute atomic E-state index is 15.9. The van der Waals surface area contributed by atoms with Crippen LogP contribution >= 0.6 is 0 Å². The van der Waals surface area contributed by atoms with Crippen LogP contribution in [0.1, 0.15) is 46.4 Å². The van der Waals surface area contributed by atoms with Crippen molar-refractivity contribution in [1.82, 2.24) is 30.0 Å². The summed E-state index contributed by atoms with van der Waals surface area (Å²) >= 11 is 0. The molecule has 3 aromatic rings. The van der Waals surface area contributed by atoms with E-state index < -0.39 is 36.4 Å². The Morgan fingerprint density at radius 2 is 1.69 bits per heavy atom. The van der Waals surface area contributed by atoms with Crippen molar-refractivity contribution < 1.29 is 32.6 Å². The Morgan fingerprint density at radius 3 is 2.29 bits per heavy atom. The van der Waals surface area contributed by atoms with E-state index in [9.17, 15) is 19.2 Å². The van der Waals surface area contributed by atoms with E-state index in [1.54, 1.807) is 62.2 Å². The zero-order chi connectivity index (χ0) is 37.3. The van der Waals surface area contributed by atoms with E-state index in [1.165, 1.54) is 0 Å². The SMILES string of the molecule is COc1cc(-c2cn(C)c(=O)c(C)c2C)cc(OC)c1CN1CCC(N2CCN(c3ccc(C(=O)NC4CCC(=O)NC4=O)nc3)CC2)C(F)(F)C1. The maximum atomic E-state index is 15.9. The zero-order valence-electron chi connectivity index (χ0n) is 30.1. The Labute approximate surface area is 300 Å². The number of alkyl halides is 2. The first-order valence-electron chi connectivity index (χ1n) is 17.4. The number of nitrogens with zero attached hydrogens (tertiary/aromatic N) is 5. The van der Waals surface area contributed by atoms with Gasteiger partial charge in [-0.05, 0) is 62.1 Å². The van der Waals surface area contributed by atoms with Gasteiger partial charge < -0.3 is 24.3 Å². The van der Waals surface area contributed by atoms with Gasteiger partial charge in [0.1, 0.15) is 23.2 Å². The van der Waals surface area contributed by atoms with Crippen LogP contribution in [-0.4, -0.2) is 109 Å². The average Bonchev–Trinajstić information content (AvgIpc) is 3.13. The summed E-state index contributed by atoms with van der Waals surface area (Å²) in [6, 6.07) is 5.37. The fourth-order valence-electron chi connectivity index (χ4n) is 7.43. The first kappa shape index (κ1) is 36.9. The number of hydrogen-bond donors (Lipinski definition) is 2. The lowest BCUT2D eigenvalue weighted by molar-refractivity contribution is -0.134. The lowest BCUT2D eigenvalue weighted by Crippen LogP contribution is -2.61. The third-order valence-electron chi connectivity index (χ3n) is 10.5. The molecule has 3 amide bonds. The summed E-state index contributed by atoms with van der Waals surface area (Å²) in [6.45, 7) is 5.93. The number of imide groups is 1. The highest BCUT2D eigenvalue weighted by molar-refractivity contribution is 6.03. The van der Waals surface area contributed by atoms with Crippen molar-refractivity contribution in [3.8, 4) is 22.6 Å². The number of carbonyl (C=O) groups excluding carboxylic acids is 3. The van der Waals surface area contributed by atoms with E-state index in [0.29, 0.717) is 61.8 Å². The van der Waals surface area contributed by atoms with Gasteiger partial charge in [-0.15, -0.1) is 0 Å². The summed E-state index contributed by atoms with van der Waals surface area (Å²) in [7, 11) is 4.80. The Morgan fingerprint density at radius 1 is 1.00 bits per heavy atom. The smallest absolute Gasteiger partial charge is 0.275 e. The van der Waals surface area contributed by atoms with Crippen molar-refractivity contribution in [1.29, 1.82) is 0 Å². The van der Waals surface area contributed by atoms with Gasteiger partial charge in [0, 0.05) is 70.1 Å². The van der Waals surface area contributed by atoms with Crippen molar-refractivity contribution in [3.05, 3.63) is 69.4 Å². The zero-order valence-corrected chi connectivity index (χ0v) is 30.1. The first-order valence-corrected chi connectivity index (χ1v) is 17.4. The van der Waals surface area contributed by atoms with Crippen molar-refractivity contribution in [2.24, 2.45) is 7.05 Å². The van der Waals surface area contributed by atoms with Crippen LogP contribution in [0.2, 0.25) is 0 Å². The molecule has 0 aliphatic carbocycles. The second-order valence-corrected chi connectivity index (χ2v) is 13.7. The molecule has 3 aliphatic rings. The van der Waals surface area contributed by atoms with Crippen molar-refractivity contribution >= 4 is 23.4 Å². The van der Waals surface area contributed by atoms with Gasteiger partial charge in [-0.1, -0.05) is 0 Å². The highest BCUT2D eigenvalue weighted by atomic mass is 19.3. The molecule has 0 spiro atoms. The van der Waals surface area contributed by atoms with Crippen LogP contribution in [0.3, 0.4) is 0 Å². The predicted molar refractivity (Wildman–Crippen MR) is 190 cm³/mol. The molecule has 5 heterocycles. The van der Waals surface area contributed by atoms with Gasteiger partial charge in [-0.3, -0.25) is 34.3 Å². The number of ether oxygens (including phenoxy) is 2. The van der Waals surface area contributed by atoms with Gasteiger partial charge in [0.25, 0.3) is 17.4 Å². The number of pyridine rings is 2. The van der Waals surface area contributed by atoms with Crippen LogP contribution in [-0.2, 0) is 23.2 Å². The summed E-state index contributed by atoms with van der Waals surface area (Å²) in [5.41, 5.74) is 4.69. The highest BCUT2D eigenvalue weighted by Gasteiger charge is 2.48. The molecule has 2 aromatic heterocycles. The summed E-state index contributed by atoms with van der Waals surface area (Å²) in [5.74, 6) is -3.31. The van der Waals surface area contributed by atoms with Gasteiger partial charge in [-0.25, -0.2) is 13.8 Å². The second-order valence-electron chi connectivity index (χ2n) is 13.7. The summed E-state index contributed by atoms with van der Waals surface area (Å²) in [6.07, 6.45) is 4.03. The molecule has 2 N–H and O–H groups in total. The predicted octanol–water partition coefficient (Wildman–Crippen LogP) is 2.65. The minimum atomic E-state index is -2.95. The molecule has 52 heavy (non-hydrogen) atoms. The molecule has 278 valence electrons. The second kappa shape index (κ2) is 15.0. The summed E-state index contributed by atoms with van der Waals surface area (Å²) in [5, 5.41) is 4.83. The molecule has 3 saturated heterocycles. The Bertz CT molecular complexity index is 1880. The number of nitrogens with one attached hydrogen (secondary N) is 2. The molecule has 3 fully saturated rings. The Hall–Kier alpha value is -4.89. The van der Waals surface area contributed by atoms with Crippen LogP contribution in [0.15, 0.2) is 41.5 Å². The van der Waals surface area contributed by atoms with E-state index in [1.807, 2.05) is 24.0 Å². The molecular weight excluding hydrogens is 676 g/mol. The summed E-state index contributed by atoms with van der Waals surface area (Å²) < 4.78 is 44.8. The van der Waals surface area contributed by atoms with Gasteiger partial charge in [-0.2, -0.15) is 0 Å². The van der Waals surface area contributed by atoms with Gasteiger partial charge >= 0.3 is 0 Å². The van der Waals surface area contributed by atoms with E-state index in [-0.39, 0.29) is 36.5 Å². The molecule has 15 heteroatoms. The molecule has 0 radical (unpaired) electrons. The number of carbonyl (C=O) groups is 3. The lowest BCUT2D eigenvalue weighted by atomic mass is 9.95. The fourth-order valence-corrected chi connectivity index (χ4v) is 7.43. The lowest BCUT2D eigenvalue weighted by Gasteiger charge is -2.46. The fraction of sp³-hybridized carbons (Fsp3) is 0.486. The number of rotatable bonds is 9. The number of methoxy groups -OCH3 is 2. The normalized spacial score (nSPS) is 21.1. The number of likely N-dealkylation sites (tertiary alicyclic amines) is 1. The van der Waals surface area contributed by atoms with Crippen LogP contribution in [0.5, 0.6) is 11.5 Å². The summed E-state index contributed by atoms with van der Waals surface area (Å²) in [4.78, 5) is 58.4. The molecule has 3 aliphatic heterocycles. The molecule has 0 bridgehead atoms. The number of aryl methyl sites for hydroxylation is 1. The molecule has 2 unspecified atom stereocenters. The highest BCUT2D eigenvalue weighted by Crippen LogP contribution is 2.39. The topological polar surface area (TPSA) is 138 Å². The van der Waals surface area contributed by atoms with Crippen LogP contribution in [0.25, 0.3) is 11.1 Å². The molecule has 1 aromatic carbocycles. The molecule has 13 nitrogen and oxygen atoms in total. The number of hydrogen-bond acceptors (Lipinski definition) is 10. The van der Waals surface area contributed by atoms with E-state index >= 15 is 8.78 Å². The Balaban J connectivity index is 1.06. The number of piperidine rings is 2. The van der Waals surface area contributed by atoms with E-state index in [2.05, 4.69) is 20.5 Å². The number of anilines is 1. The molecule has 2 atom stereocenters. The van der Waals surface area contributed by atoms with Crippen LogP contribution in [0, 0.1) is 13.8 Å². The molecule has 0 saturated carbocycles. The largest absolute Gasteiger partial charge is 0.496 e. The minimum absolute atomic E-state index is 0.0660. The van der Waals surface area contributed by atoms with Crippen molar-refractivity contribution in [2.75, 3.05) is 58.4 Å². The van der Waals surface area contributed by atoms with Crippen molar-refractivity contribution in [3.63, 3.8) is 0 Å². The quantitative estimate of drug-likeness (QED) is 0.318. The van der Waals surface area contributed by atoms with Gasteiger partial charge in [0.15, 0.2) is 0 Å². The number of halogens is 2. The van der Waals surface area contributed by atoms with Gasteiger partial charge in [0.05, 0.1) is 44.3 Å².